The van der Waals surface area contributed by atoms with Crippen LogP contribution in [0.1, 0.15) is 57.1 Å². The van der Waals surface area contributed by atoms with Gasteiger partial charge in [-0.05, 0) is 62.3 Å². The lowest BCUT2D eigenvalue weighted by atomic mass is 9.98. The van der Waals surface area contributed by atoms with Crippen LogP contribution < -0.4 is 5.32 Å². The Morgan fingerprint density at radius 3 is 2.32 bits per heavy atom. The Morgan fingerprint density at radius 2 is 1.70 bits per heavy atom. The zero-order valence-corrected chi connectivity index (χ0v) is 25.2. The molecule has 3 heterocycles. The standard InChI is InChI=1S/C33H37N5O6/c1-33(2,3)44-31(41)35-27(29(39)36-14-8-9-20(36)16-34)18-37-21-15-28(30(37)40)38(17-21)32(42)43-19-26-24-12-6-4-10-22(24)23-11-5-7-13-25(23)26/h4-7,10-13,20-21,26-28H,8-9,14-15,17-19H2,1-3H3,(H,35,41)/t20-,21-,27-,28-/m0/s1. The van der Waals surface area contributed by atoms with Crippen molar-refractivity contribution in [3.05, 3.63) is 59.7 Å². The molecule has 2 aromatic carbocycles. The minimum Gasteiger partial charge on any atom is -0.448 e. The molecule has 1 aliphatic carbocycles. The molecule has 4 aliphatic rings. The molecule has 11 nitrogen and oxygen atoms in total. The monoisotopic (exact) mass is 599 g/mol. The van der Waals surface area contributed by atoms with Crippen LogP contribution in [0.15, 0.2) is 48.5 Å². The van der Waals surface area contributed by atoms with E-state index in [9.17, 15) is 24.4 Å². The van der Waals surface area contributed by atoms with Gasteiger partial charge >= 0.3 is 12.2 Å². The summed E-state index contributed by atoms with van der Waals surface area (Å²) in [6.45, 7) is 5.91. The number of hydrogen-bond donors (Lipinski definition) is 1. The number of rotatable bonds is 6. The molecule has 230 valence electrons. The van der Waals surface area contributed by atoms with Crippen LogP contribution in [0, 0.1) is 11.3 Å². The highest BCUT2D eigenvalue weighted by atomic mass is 16.6. The van der Waals surface area contributed by atoms with Crippen molar-refractivity contribution in [3.8, 4) is 17.2 Å². The number of hydrogen-bond acceptors (Lipinski definition) is 7. The number of piperazine rings is 1. The summed E-state index contributed by atoms with van der Waals surface area (Å²) in [6, 6.07) is 15.7. The smallest absolute Gasteiger partial charge is 0.410 e. The van der Waals surface area contributed by atoms with E-state index in [1.807, 2.05) is 24.3 Å². The molecule has 0 aromatic heterocycles. The summed E-state index contributed by atoms with van der Waals surface area (Å²) < 4.78 is 11.2. The van der Waals surface area contributed by atoms with E-state index in [2.05, 4.69) is 35.7 Å². The first-order valence-corrected chi connectivity index (χ1v) is 15.2. The van der Waals surface area contributed by atoms with Crippen molar-refractivity contribution in [2.24, 2.45) is 0 Å². The van der Waals surface area contributed by atoms with Gasteiger partial charge in [0.2, 0.25) is 11.8 Å². The molecule has 2 bridgehead atoms. The van der Waals surface area contributed by atoms with Gasteiger partial charge in [-0.1, -0.05) is 48.5 Å². The maximum absolute atomic E-state index is 13.6. The van der Waals surface area contributed by atoms with Crippen molar-refractivity contribution in [2.45, 2.75) is 75.7 Å². The fraction of sp³-hybridized carbons (Fsp3) is 0.485. The summed E-state index contributed by atoms with van der Waals surface area (Å²) in [5.74, 6) is -0.812. The minimum absolute atomic E-state index is 0.0781. The number of alkyl carbamates (subject to hydrolysis) is 1. The fourth-order valence-electron chi connectivity index (χ4n) is 6.96. The number of fused-ring (bicyclic) bond motifs is 5. The molecule has 3 saturated heterocycles. The van der Waals surface area contributed by atoms with Crippen LogP contribution in [-0.2, 0) is 19.1 Å². The molecule has 4 amide bonds. The maximum atomic E-state index is 13.6. The Hall–Kier alpha value is -4.59. The number of carbonyl (C=O) groups excluding carboxylic acids is 4. The number of ether oxygens (including phenoxy) is 2. The van der Waals surface area contributed by atoms with E-state index in [1.165, 1.54) is 9.80 Å². The van der Waals surface area contributed by atoms with Gasteiger partial charge in [-0.3, -0.25) is 14.5 Å². The van der Waals surface area contributed by atoms with E-state index < -0.39 is 41.8 Å². The first kappa shape index (κ1) is 29.5. The summed E-state index contributed by atoms with van der Waals surface area (Å²) in [5.41, 5.74) is 3.70. The molecular weight excluding hydrogens is 562 g/mol. The van der Waals surface area contributed by atoms with Crippen LogP contribution in [-0.4, -0.2) is 94.7 Å². The Balaban J connectivity index is 1.12. The molecule has 4 atom stereocenters. The van der Waals surface area contributed by atoms with Crippen molar-refractivity contribution in [2.75, 3.05) is 26.2 Å². The van der Waals surface area contributed by atoms with Crippen LogP contribution in [0.25, 0.3) is 11.1 Å². The minimum atomic E-state index is -1.09. The molecule has 0 radical (unpaired) electrons. The number of nitrogens with zero attached hydrogens (tertiary/aromatic N) is 4. The Morgan fingerprint density at radius 1 is 1.05 bits per heavy atom. The van der Waals surface area contributed by atoms with Crippen molar-refractivity contribution >= 4 is 24.0 Å². The third-order valence-electron chi connectivity index (χ3n) is 8.91. The van der Waals surface area contributed by atoms with Gasteiger partial charge in [0.1, 0.15) is 30.3 Å². The number of nitriles is 1. The predicted octanol–water partition coefficient (Wildman–Crippen LogP) is 3.63. The topological polar surface area (TPSA) is 132 Å². The second kappa shape index (κ2) is 11.5. The molecule has 0 unspecified atom stereocenters. The van der Waals surface area contributed by atoms with Gasteiger partial charge in [-0.25, -0.2) is 9.59 Å². The van der Waals surface area contributed by atoms with E-state index in [0.29, 0.717) is 25.8 Å². The number of amides is 4. The summed E-state index contributed by atoms with van der Waals surface area (Å²) in [6.07, 6.45) is 0.345. The van der Waals surface area contributed by atoms with Gasteiger partial charge < -0.3 is 24.6 Å². The van der Waals surface area contributed by atoms with E-state index in [4.69, 9.17) is 9.47 Å². The molecular formula is C33H37N5O6. The van der Waals surface area contributed by atoms with Crippen LogP contribution in [0.3, 0.4) is 0 Å². The van der Waals surface area contributed by atoms with E-state index >= 15 is 0 Å². The van der Waals surface area contributed by atoms with Gasteiger partial charge in [0.15, 0.2) is 0 Å². The summed E-state index contributed by atoms with van der Waals surface area (Å²) in [4.78, 5) is 57.6. The second-order valence-electron chi connectivity index (χ2n) is 12.9. The van der Waals surface area contributed by atoms with E-state index in [0.717, 1.165) is 22.3 Å². The van der Waals surface area contributed by atoms with Gasteiger partial charge in [0, 0.05) is 19.0 Å². The van der Waals surface area contributed by atoms with Crippen molar-refractivity contribution in [1.29, 1.82) is 5.26 Å². The number of likely N-dealkylation sites (tertiary alicyclic amines) is 3. The van der Waals surface area contributed by atoms with E-state index in [-0.39, 0.29) is 37.6 Å². The average molecular weight is 600 g/mol. The molecule has 44 heavy (non-hydrogen) atoms. The summed E-state index contributed by atoms with van der Waals surface area (Å²) >= 11 is 0. The lowest BCUT2D eigenvalue weighted by molar-refractivity contribution is -0.139. The molecule has 0 spiro atoms. The number of nitrogens with one attached hydrogen (secondary N) is 1. The number of benzene rings is 2. The lowest BCUT2D eigenvalue weighted by Gasteiger charge is -2.36. The summed E-state index contributed by atoms with van der Waals surface area (Å²) in [7, 11) is 0. The first-order chi connectivity index (χ1) is 21.1. The molecule has 3 aliphatic heterocycles. The van der Waals surface area contributed by atoms with Crippen LogP contribution >= 0.6 is 0 Å². The van der Waals surface area contributed by atoms with Gasteiger partial charge in [-0.15, -0.1) is 0 Å². The van der Waals surface area contributed by atoms with Crippen LogP contribution in [0.2, 0.25) is 0 Å². The normalized spacial score (nSPS) is 22.8. The van der Waals surface area contributed by atoms with Gasteiger partial charge in [0.25, 0.3) is 0 Å². The predicted molar refractivity (Wildman–Crippen MR) is 159 cm³/mol. The van der Waals surface area contributed by atoms with Crippen LogP contribution in [0.4, 0.5) is 9.59 Å². The van der Waals surface area contributed by atoms with Crippen molar-refractivity contribution in [1.82, 2.24) is 20.0 Å². The fourth-order valence-corrected chi connectivity index (χ4v) is 6.96. The molecule has 2 aromatic rings. The first-order valence-electron chi connectivity index (χ1n) is 15.2. The number of carbonyl (C=O) groups is 4. The summed E-state index contributed by atoms with van der Waals surface area (Å²) in [5, 5.41) is 12.2. The average Bonchev–Trinajstić information content (AvgIpc) is 3.77. The maximum Gasteiger partial charge on any atom is 0.410 e. The third-order valence-corrected chi connectivity index (χ3v) is 8.91. The quantitative estimate of drug-likeness (QED) is 0.536. The molecule has 6 rings (SSSR count). The highest BCUT2D eigenvalue weighted by Crippen LogP contribution is 2.44. The third kappa shape index (κ3) is 5.45. The van der Waals surface area contributed by atoms with Crippen molar-refractivity contribution in [3.63, 3.8) is 0 Å². The Labute approximate surface area is 256 Å². The second-order valence-corrected chi connectivity index (χ2v) is 12.9. The molecule has 3 fully saturated rings. The Kier molecular flexibility index (Phi) is 7.70. The van der Waals surface area contributed by atoms with Gasteiger partial charge in [-0.2, -0.15) is 5.26 Å². The molecule has 1 N–H and O–H groups in total. The van der Waals surface area contributed by atoms with Crippen LogP contribution in [0.5, 0.6) is 0 Å². The zero-order valence-electron chi connectivity index (χ0n) is 25.2. The lowest BCUT2D eigenvalue weighted by Crippen LogP contribution is -2.59. The Bertz CT molecular complexity index is 1480. The van der Waals surface area contributed by atoms with E-state index in [1.54, 1.807) is 25.7 Å². The zero-order chi connectivity index (χ0) is 31.2. The van der Waals surface area contributed by atoms with Crippen molar-refractivity contribution < 1.29 is 28.7 Å². The highest BCUT2D eigenvalue weighted by Gasteiger charge is 2.53. The molecule has 11 heteroatoms. The largest absolute Gasteiger partial charge is 0.448 e. The SMILES string of the molecule is CC(C)(C)OC(=O)N[C@@H](CN1C(=O)[C@@H]2C[C@H]1CN2C(=O)OCC1c2ccccc2-c2ccccc21)C(=O)N1CCC[C@H]1C#N. The van der Waals surface area contributed by atoms with Gasteiger partial charge in [0.05, 0.1) is 18.7 Å². The molecule has 0 saturated carbocycles. The highest BCUT2D eigenvalue weighted by molar-refractivity contribution is 5.92.